The number of hydrogen-bond donors (Lipinski definition) is 2. The van der Waals surface area contributed by atoms with E-state index in [2.05, 4.69) is 10.7 Å². The number of hydrazine groups is 1. The van der Waals surface area contributed by atoms with Gasteiger partial charge in [-0.15, -0.1) is 0 Å². The molecule has 33 heavy (non-hydrogen) atoms. The molecule has 0 aromatic heterocycles. The molecule has 0 bridgehead atoms. The van der Waals surface area contributed by atoms with Crippen LogP contribution in [0.2, 0.25) is 0 Å². The standard InChI is InChI=1S/C25H33N3O5/c1-25(2,3)33-24(31)27-28(18-20-13-9-6-10-14-20)16-15-22(29)26-21(23(30)32-4)17-19-11-7-5-8-12-19/h5-14,21H,15-18H2,1-4H3,(H,26,29)(H,27,31)/t21-/m0/s1. The summed E-state index contributed by atoms with van der Waals surface area (Å²) in [5, 5.41) is 4.36. The highest BCUT2D eigenvalue weighted by atomic mass is 16.6. The normalized spacial score (nSPS) is 12.0. The largest absolute Gasteiger partial charge is 0.467 e. The molecule has 2 rings (SSSR count). The van der Waals surface area contributed by atoms with Crippen molar-refractivity contribution in [2.75, 3.05) is 13.7 Å². The van der Waals surface area contributed by atoms with Crippen molar-refractivity contribution < 1.29 is 23.9 Å². The maximum Gasteiger partial charge on any atom is 0.422 e. The summed E-state index contributed by atoms with van der Waals surface area (Å²) in [5.74, 6) is -0.842. The fourth-order valence-electron chi connectivity index (χ4n) is 3.10. The van der Waals surface area contributed by atoms with Crippen LogP contribution in [-0.4, -0.2) is 48.3 Å². The third kappa shape index (κ3) is 10.2. The Morgan fingerprint density at radius 1 is 0.939 bits per heavy atom. The van der Waals surface area contributed by atoms with E-state index in [4.69, 9.17) is 9.47 Å². The number of carbonyl (C=O) groups excluding carboxylic acids is 3. The lowest BCUT2D eigenvalue weighted by Crippen LogP contribution is -2.47. The van der Waals surface area contributed by atoms with E-state index in [0.717, 1.165) is 11.1 Å². The van der Waals surface area contributed by atoms with Crippen LogP contribution in [0.15, 0.2) is 60.7 Å². The molecule has 8 heteroatoms. The molecule has 0 aliphatic rings. The molecule has 8 nitrogen and oxygen atoms in total. The van der Waals surface area contributed by atoms with Crippen LogP contribution in [-0.2, 0) is 32.0 Å². The van der Waals surface area contributed by atoms with Gasteiger partial charge in [0.25, 0.3) is 0 Å². The number of amides is 2. The lowest BCUT2D eigenvalue weighted by molar-refractivity contribution is -0.145. The van der Waals surface area contributed by atoms with Gasteiger partial charge in [0.15, 0.2) is 0 Å². The third-order valence-corrected chi connectivity index (χ3v) is 4.58. The summed E-state index contributed by atoms with van der Waals surface area (Å²) >= 11 is 0. The maximum absolute atomic E-state index is 12.6. The highest BCUT2D eigenvalue weighted by Crippen LogP contribution is 2.09. The molecule has 1 atom stereocenters. The van der Waals surface area contributed by atoms with Crippen LogP contribution in [0.1, 0.15) is 38.3 Å². The zero-order valence-corrected chi connectivity index (χ0v) is 19.7. The van der Waals surface area contributed by atoms with Crippen molar-refractivity contribution in [3.05, 3.63) is 71.8 Å². The first-order valence-corrected chi connectivity index (χ1v) is 10.9. The van der Waals surface area contributed by atoms with Crippen molar-refractivity contribution in [3.8, 4) is 0 Å². The van der Waals surface area contributed by atoms with Gasteiger partial charge in [0.05, 0.1) is 7.11 Å². The van der Waals surface area contributed by atoms with Gasteiger partial charge in [-0.25, -0.2) is 14.6 Å². The molecule has 2 N–H and O–H groups in total. The van der Waals surface area contributed by atoms with Crippen molar-refractivity contribution >= 4 is 18.0 Å². The number of ether oxygens (including phenoxy) is 2. The van der Waals surface area contributed by atoms with E-state index in [0.29, 0.717) is 13.0 Å². The highest BCUT2D eigenvalue weighted by molar-refractivity contribution is 5.84. The minimum absolute atomic E-state index is 0.0604. The molecular weight excluding hydrogens is 422 g/mol. The molecule has 0 saturated carbocycles. The quantitative estimate of drug-likeness (QED) is 0.422. The minimum Gasteiger partial charge on any atom is -0.467 e. The van der Waals surface area contributed by atoms with Crippen LogP contribution in [0.25, 0.3) is 0 Å². The van der Waals surface area contributed by atoms with Gasteiger partial charge in [-0.2, -0.15) is 0 Å². The Morgan fingerprint density at radius 2 is 1.52 bits per heavy atom. The molecule has 2 amide bonds. The molecule has 178 valence electrons. The average molecular weight is 456 g/mol. The predicted octanol–water partition coefficient (Wildman–Crippen LogP) is 3.22. The Hall–Kier alpha value is -3.39. The molecule has 2 aromatic rings. The monoisotopic (exact) mass is 455 g/mol. The molecule has 0 heterocycles. The van der Waals surface area contributed by atoms with Crippen molar-refractivity contribution in [2.24, 2.45) is 0 Å². The number of carbonyl (C=O) groups is 3. The predicted molar refractivity (Wildman–Crippen MR) is 125 cm³/mol. The Labute approximate surface area is 195 Å². The molecule has 2 aromatic carbocycles. The maximum atomic E-state index is 12.6. The Kier molecular flexibility index (Phi) is 9.87. The van der Waals surface area contributed by atoms with Gasteiger partial charge in [0.1, 0.15) is 11.6 Å². The molecule has 0 fully saturated rings. The number of nitrogens with one attached hydrogen (secondary N) is 2. The second-order valence-corrected chi connectivity index (χ2v) is 8.60. The van der Waals surface area contributed by atoms with Crippen LogP contribution in [0, 0.1) is 0 Å². The Morgan fingerprint density at radius 3 is 2.06 bits per heavy atom. The number of hydrogen-bond acceptors (Lipinski definition) is 6. The van der Waals surface area contributed by atoms with Gasteiger partial charge in [-0.05, 0) is 31.9 Å². The molecule has 0 unspecified atom stereocenters. The topological polar surface area (TPSA) is 97.0 Å². The van der Waals surface area contributed by atoms with E-state index in [-0.39, 0.29) is 18.9 Å². The zero-order valence-electron chi connectivity index (χ0n) is 19.7. The van der Waals surface area contributed by atoms with Crippen LogP contribution in [0.5, 0.6) is 0 Å². The number of esters is 1. The van der Waals surface area contributed by atoms with Crippen molar-refractivity contribution in [1.29, 1.82) is 0 Å². The summed E-state index contributed by atoms with van der Waals surface area (Å²) in [6.07, 6.45) is -0.219. The average Bonchev–Trinajstić information content (AvgIpc) is 2.76. The second-order valence-electron chi connectivity index (χ2n) is 8.60. The number of methoxy groups -OCH3 is 1. The van der Waals surface area contributed by atoms with Gasteiger partial charge in [0, 0.05) is 25.9 Å². The first-order chi connectivity index (χ1) is 15.7. The van der Waals surface area contributed by atoms with E-state index >= 15 is 0 Å². The SMILES string of the molecule is COC(=O)[C@H](Cc1ccccc1)NC(=O)CCN(Cc1ccccc1)NC(=O)OC(C)(C)C. The first kappa shape index (κ1) is 25.9. The van der Waals surface area contributed by atoms with Crippen molar-refractivity contribution in [3.63, 3.8) is 0 Å². The van der Waals surface area contributed by atoms with E-state index in [1.807, 2.05) is 60.7 Å². The third-order valence-electron chi connectivity index (χ3n) is 4.58. The summed E-state index contributed by atoms with van der Waals surface area (Å²) in [6.45, 7) is 5.95. The van der Waals surface area contributed by atoms with Crippen LogP contribution >= 0.6 is 0 Å². The van der Waals surface area contributed by atoms with E-state index in [9.17, 15) is 14.4 Å². The van der Waals surface area contributed by atoms with E-state index in [1.54, 1.807) is 25.8 Å². The van der Waals surface area contributed by atoms with Gasteiger partial charge < -0.3 is 14.8 Å². The molecular formula is C25H33N3O5. The van der Waals surface area contributed by atoms with E-state index in [1.165, 1.54) is 7.11 Å². The van der Waals surface area contributed by atoms with Crippen molar-refractivity contribution in [2.45, 2.75) is 51.8 Å². The van der Waals surface area contributed by atoms with Crippen molar-refractivity contribution in [1.82, 2.24) is 15.8 Å². The summed E-state index contributed by atoms with van der Waals surface area (Å²) < 4.78 is 10.2. The summed E-state index contributed by atoms with van der Waals surface area (Å²) in [4.78, 5) is 37.1. The van der Waals surface area contributed by atoms with Crippen LogP contribution < -0.4 is 10.7 Å². The zero-order chi connectivity index (χ0) is 24.3. The highest BCUT2D eigenvalue weighted by Gasteiger charge is 2.23. The number of rotatable bonds is 10. The van der Waals surface area contributed by atoms with Gasteiger partial charge >= 0.3 is 12.1 Å². The lowest BCUT2D eigenvalue weighted by atomic mass is 10.1. The smallest absolute Gasteiger partial charge is 0.422 e. The molecule has 0 aliphatic carbocycles. The summed E-state index contributed by atoms with van der Waals surface area (Å²) in [7, 11) is 1.29. The first-order valence-electron chi connectivity index (χ1n) is 10.9. The van der Waals surface area contributed by atoms with Gasteiger partial charge in [-0.3, -0.25) is 10.2 Å². The summed E-state index contributed by atoms with van der Waals surface area (Å²) in [5.41, 5.74) is 3.93. The van der Waals surface area contributed by atoms with Crippen LogP contribution in [0.4, 0.5) is 4.79 Å². The fraction of sp³-hybridized carbons (Fsp3) is 0.400. The molecule has 0 aliphatic heterocycles. The number of benzene rings is 2. The van der Waals surface area contributed by atoms with E-state index < -0.39 is 23.7 Å². The fourth-order valence-corrected chi connectivity index (χ4v) is 3.10. The molecule has 0 spiro atoms. The molecule has 0 saturated heterocycles. The van der Waals surface area contributed by atoms with Crippen LogP contribution in [0.3, 0.4) is 0 Å². The second kappa shape index (κ2) is 12.6. The lowest BCUT2D eigenvalue weighted by Gasteiger charge is -2.26. The van der Waals surface area contributed by atoms with Gasteiger partial charge in [0.2, 0.25) is 5.91 Å². The number of nitrogens with zero attached hydrogens (tertiary/aromatic N) is 1. The minimum atomic E-state index is -0.800. The summed E-state index contributed by atoms with van der Waals surface area (Å²) in [6, 6.07) is 18.2. The van der Waals surface area contributed by atoms with Gasteiger partial charge in [-0.1, -0.05) is 60.7 Å². The Balaban J connectivity index is 2.00. The molecule has 0 radical (unpaired) electrons. The Bertz CT molecular complexity index is 897.